The summed E-state index contributed by atoms with van der Waals surface area (Å²) in [4.78, 5) is 23.1. The van der Waals surface area contributed by atoms with Crippen LogP contribution in [-0.4, -0.2) is 50.3 Å². The van der Waals surface area contributed by atoms with Crippen LogP contribution in [0.25, 0.3) is 0 Å². The summed E-state index contributed by atoms with van der Waals surface area (Å²) in [7, 11) is 1.29. The summed E-state index contributed by atoms with van der Waals surface area (Å²) in [5.74, 6) is -0.785. The summed E-state index contributed by atoms with van der Waals surface area (Å²) < 4.78 is 9.87. The molecular weight excluding hydrogens is 212 g/mol. The second-order valence-corrected chi connectivity index (χ2v) is 4.17. The zero-order chi connectivity index (χ0) is 12.2. The first kappa shape index (κ1) is 12.9. The molecule has 92 valence electrons. The Labute approximate surface area is 94.7 Å². The predicted molar refractivity (Wildman–Crippen MR) is 56.8 cm³/mol. The Morgan fingerprint density at radius 2 is 2.19 bits per heavy atom. The number of ether oxygens (including phenoxy) is 2. The first-order chi connectivity index (χ1) is 7.47. The molecule has 1 rings (SSSR count). The van der Waals surface area contributed by atoms with E-state index in [2.05, 4.69) is 15.4 Å². The van der Waals surface area contributed by atoms with E-state index in [0.29, 0.717) is 13.2 Å². The number of rotatable bonds is 3. The molecule has 0 radical (unpaired) electrons. The van der Waals surface area contributed by atoms with Crippen LogP contribution in [0.1, 0.15) is 13.8 Å². The fourth-order valence-corrected chi connectivity index (χ4v) is 1.43. The number of carbonyl (C=O) groups is 2. The lowest BCUT2D eigenvalue weighted by Gasteiger charge is -2.28. The molecule has 0 spiro atoms. The van der Waals surface area contributed by atoms with Gasteiger partial charge in [-0.25, -0.2) is 4.79 Å². The lowest BCUT2D eigenvalue weighted by Crippen LogP contribution is -2.56. The van der Waals surface area contributed by atoms with E-state index in [9.17, 15) is 9.59 Å². The number of morpholine rings is 1. The maximum atomic E-state index is 11.8. The van der Waals surface area contributed by atoms with E-state index < -0.39 is 17.6 Å². The Balaban J connectivity index is 2.52. The number of esters is 1. The smallest absolute Gasteiger partial charge is 0.330 e. The molecule has 0 saturated carbocycles. The molecule has 1 aliphatic rings. The van der Waals surface area contributed by atoms with E-state index in [1.165, 1.54) is 7.11 Å². The van der Waals surface area contributed by atoms with E-state index in [-0.39, 0.29) is 5.91 Å². The maximum Gasteiger partial charge on any atom is 0.330 e. The van der Waals surface area contributed by atoms with Crippen molar-refractivity contribution in [2.45, 2.75) is 25.5 Å². The zero-order valence-corrected chi connectivity index (χ0v) is 9.83. The summed E-state index contributed by atoms with van der Waals surface area (Å²) in [6.45, 7) is 4.88. The highest BCUT2D eigenvalue weighted by atomic mass is 16.5. The molecule has 0 aromatic heterocycles. The Kier molecular flexibility index (Phi) is 4.26. The van der Waals surface area contributed by atoms with Gasteiger partial charge in [-0.1, -0.05) is 0 Å². The molecule has 0 aromatic carbocycles. The third-order valence-electron chi connectivity index (χ3n) is 2.35. The Morgan fingerprint density at radius 1 is 1.50 bits per heavy atom. The number of hydrogen-bond acceptors (Lipinski definition) is 5. The zero-order valence-electron chi connectivity index (χ0n) is 9.83. The third-order valence-corrected chi connectivity index (χ3v) is 2.35. The normalized spacial score (nSPS) is 21.3. The molecule has 1 atom stereocenters. The molecule has 1 saturated heterocycles. The topological polar surface area (TPSA) is 76.7 Å². The summed E-state index contributed by atoms with van der Waals surface area (Å²) in [6, 6.07) is 0. The first-order valence-electron chi connectivity index (χ1n) is 5.20. The standard InChI is InChI=1S/C10H18N2O4/c1-10(2,9(14)15-3)12-8(13)7-6-11-4-5-16-7/h7,11H,4-6H2,1-3H3,(H,12,13). The van der Waals surface area contributed by atoms with Crippen LogP contribution in [-0.2, 0) is 19.1 Å². The summed E-state index contributed by atoms with van der Waals surface area (Å²) in [5, 5.41) is 5.64. The van der Waals surface area contributed by atoms with Crippen molar-refractivity contribution in [2.24, 2.45) is 0 Å². The number of methoxy groups -OCH3 is 1. The SMILES string of the molecule is COC(=O)C(C)(C)NC(=O)C1CNCCO1. The molecule has 1 amide bonds. The highest BCUT2D eigenvalue weighted by Gasteiger charge is 2.33. The first-order valence-corrected chi connectivity index (χ1v) is 5.20. The average Bonchev–Trinajstić information content (AvgIpc) is 2.28. The molecule has 0 aromatic rings. The van der Waals surface area contributed by atoms with Crippen molar-refractivity contribution in [3.05, 3.63) is 0 Å². The van der Waals surface area contributed by atoms with Crippen molar-refractivity contribution in [3.63, 3.8) is 0 Å². The largest absolute Gasteiger partial charge is 0.467 e. The number of amides is 1. The lowest BCUT2D eigenvalue weighted by molar-refractivity contribution is -0.151. The molecule has 1 heterocycles. The average molecular weight is 230 g/mol. The second kappa shape index (κ2) is 5.27. The number of hydrogen-bond donors (Lipinski definition) is 2. The van der Waals surface area contributed by atoms with Gasteiger partial charge < -0.3 is 20.1 Å². The van der Waals surface area contributed by atoms with Crippen LogP contribution in [0.4, 0.5) is 0 Å². The van der Waals surface area contributed by atoms with Gasteiger partial charge in [-0.05, 0) is 13.8 Å². The van der Waals surface area contributed by atoms with E-state index in [0.717, 1.165) is 6.54 Å². The van der Waals surface area contributed by atoms with Crippen molar-refractivity contribution in [3.8, 4) is 0 Å². The fourth-order valence-electron chi connectivity index (χ4n) is 1.43. The summed E-state index contributed by atoms with van der Waals surface area (Å²) in [6.07, 6.45) is -0.544. The Morgan fingerprint density at radius 3 is 2.69 bits per heavy atom. The van der Waals surface area contributed by atoms with Gasteiger partial charge in [0, 0.05) is 13.1 Å². The molecule has 6 heteroatoms. The van der Waals surface area contributed by atoms with Crippen molar-refractivity contribution in [1.82, 2.24) is 10.6 Å². The molecular formula is C10H18N2O4. The van der Waals surface area contributed by atoms with Gasteiger partial charge >= 0.3 is 5.97 Å². The Hall–Kier alpha value is -1.14. The molecule has 1 unspecified atom stereocenters. The fraction of sp³-hybridized carbons (Fsp3) is 0.800. The maximum absolute atomic E-state index is 11.8. The van der Waals surface area contributed by atoms with Gasteiger partial charge in [0.2, 0.25) is 0 Å². The van der Waals surface area contributed by atoms with E-state index in [1.54, 1.807) is 13.8 Å². The van der Waals surface area contributed by atoms with Crippen LogP contribution >= 0.6 is 0 Å². The van der Waals surface area contributed by atoms with Gasteiger partial charge in [-0.3, -0.25) is 4.79 Å². The summed E-state index contributed by atoms with van der Waals surface area (Å²) in [5.41, 5.74) is -1.04. The Bertz CT molecular complexity index is 272. The summed E-state index contributed by atoms with van der Waals surface area (Å²) >= 11 is 0. The number of carbonyl (C=O) groups excluding carboxylic acids is 2. The van der Waals surface area contributed by atoms with Gasteiger partial charge in [0.25, 0.3) is 5.91 Å². The minimum Gasteiger partial charge on any atom is -0.467 e. The van der Waals surface area contributed by atoms with Gasteiger partial charge in [0.15, 0.2) is 0 Å². The van der Waals surface area contributed by atoms with Crippen molar-refractivity contribution < 1.29 is 19.1 Å². The molecule has 0 aliphatic carbocycles. The van der Waals surface area contributed by atoms with Crippen molar-refractivity contribution >= 4 is 11.9 Å². The van der Waals surface area contributed by atoms with Crippen molar-refractivity contribution in [2.75, 3.05) is 26.8 Å². The predicted octanol–water partition coefficient (Wildman–Crippen LogP) is -0.957. The second-order valence-electron chi connectivity index (χ2n) is 4.17. The van der Waals surface area contributed by atoms with Gasteiger partial charge in [0.05, 0.1) is 13.7 Å². The molecule has 2 N–H and O–H groups in total. The number of nitrogens with one attached hydrogen (secondary N) is 2. The quantitative estimate of drug-likeness (QED) is 0.611. The third kappa shape index (κ3) is 3.18. The van der Waals surface area contributed by atoms with E-state index in [4.69, 9.17) is 4.74 Å². The van der Waals surface area contributed by atoms with Gasteiger partial charge in [0.1, 0.15) is 11.6 Å². The minimum absolute atomic E-state index is 0.303. The minimum atomic E-state index is -1.04. The van der Waals surface area contributed by atoms with Crippen LogP contribution in [0.15, 0.2) is 0 Å². The highest BCUT2D eigenvalue weighted by Crippen LogP contribution is 2.06. The van der Waals surface area contributed by atoms with Gasteiger partial charge in [-0.15, -0.1) is 0 Å². The lowest BCUT2D eigenvalue weighted by atomic mass is 10.1. The molecule has 16 heavy (non-hydrogen) atoms. The van der Waals surface area contributed by atoms with E-state index >= 15 is 0 Å². The van der Waals surface area contributed by atoms with Crippen LogP contribution in [0.2, 0.25) is 0 Å². The highest BCUT2D eigenvalue weighted by molar-refractivity contribution is 5.89. The molecule has 6 nitrogen and oxygen atoms in total. The monoisotopic (exact) mass is 230 g/mol. The van der Waals surface area contributed by atoms with E-state index in [1.807, 2.05) is 0 Å². The molecule has 1 aliphatic heterocycles. The van der Waals surface area contributed by atoms with Crippen molar-refractivity contribution in [1.29, 1.82) is 0 Å². The van der Waals surface area contributed by atoms with Crippen LogP contribution in [0.5, 0.6) is 0 Å². The molecule has 1 fully saturated rings. The van der Waals surface area contributed by atoms with Gasteiger partial charge in [-0.2, -0.15) is 0 Å². The molecule has 0 bridgehead atoms. The van der Waals surface area contributed by atoms with Crippen LogP contribution in [0, 0.1) is 0 Å². The van der Waals surface area contributed by atoms with Crippen LogP contribution in [0.3, 0.4) is 0 Å². The van der Waals surface area contributed by atoms with Crippen LogP contribution < -0.4 is 10.6 Å².